The van der Waals surface area contributed by atoms with Crippen LogP contribution in [0.3, 0.4) is 0 Å². The molecule has 1 nitrogen and oxygen atoms in total. The number of halogens is 1. The minimum atomic E-state index is 0.747. The number of nitrogens with one attached hydrogen (secondary N) is 1. The Kier molecular flexibility index (Phi) is 2.86. The molecule has 2 saturated carbocycles. The van der Waals surface area contributed by atoms with E-state index >= 15 is 0 Å². The Labute approximate surface area is 111 Å². The predicted octanol–water partition coefficient (Wildman–Crippen LogP) is 4.20. The molecule has 3 unspecified atom stereocenters. The van der Waals surface area contributed by atoms with Crippen LogP contribution in [0.4, 0.5) is 5.69 Å². The molecule has 0 heterocycles. The second kappa shape index (κ2) is 4.21. The maximum atomic E-state index is 3.74. The van der Waals surface area contributed by atoms with Gasteiger partial charge in [-0.15, -0.1) is 0 Å². The summed E-state index contributed by atoms with van der Waals surface area (Å²) in [5.41, 5.74) is 2.69. The predicted molar refractivity (Wildman–Crippen MR) is 76.8 cm³/mol. The van der Waals surface area contributed by atoms with Gasteiger partial charge in [0, 0.05) is 15.3 Å². The van der Waals surface area contributed by atoms with Crippen molar-refractivity contribution in [3.8, 4) is 0 Å². The topological polar surface area (TPSA) is 12.0 Å². The summed E-state index contributed by atoms with van der Waals surface area (Å²) >= 11 is 2.42. The van der Waals surface area contributed by atoms with Crippen LogP contribution < -0.4 is 5.32 Å². The average Bonchev–Trinajstić information content (AvgIpc) is 2.85. The highest BCUT2D eigenvalue weighted by atomic mass is 127. The number of fused-ring (bicyclic) bond motifs is 2. The molecule has 2 aliphatic rings. The van der Waals surface area contributed by atoms with Crippen molar-refractivity contribution in [3.63, 3.8) is 0 Å². The van der Waals surface area contributed by atoms with Crippen molar-refractivity contribution in [1.29, 1.82) is 0 Å². The molecule has 0 radical (unpaired) electrons. The van der Waals surface area contributed by atoms with Crippen LogP contribution in [0.15, 0.2) is 18.2 Å². The highest BCUT2D eigenvalue weighted by molar-refractivity contribution is 14.1. The summed E-state index contributed by atoms with van der Waals surface area (Å²) in [7, 11) is 0. The second-order valence-electron chi connectivity index (χ2n) is 5.39. The van der Waals surface area contributed by atoms with Crippen molar-refractivity contribution in [1.82, 2.24) is 0 Å². The SMILES string of the molecule is Cc1ccc(NC2CC3CCC2C3)cc1I. The van der Waals surface area contributed by atoms with E-state index in [0.29, 0.717) is 0 Å². The van der Waals surface area contributed by atoms with Crippen molar-refractivity contribution in [3.05, 3.63) is 27.3 Å². The van der Waals surface area contributed by atoms with Crippen molar-refractivity contribution in [2.45, 2.75) is 38.6 Å². The number of rotatable bonds is 2. The lowest BCUT2D eigenvalue weighted by Crippen LogP contribution is -2.25. The fourth-order valence-electron chi connectivity index (χ4n) is 3.32. The van der Waals surface area contributed by atoms with E-state index in [1.54, 1.807) is 0 Å². The first-order valence-electron chi connectivity index (χ1n) is 6.25. The summed E-state index contributed by atoms with van der Waals surface area (Å²) in [4.78, 5) is 0. The normalized spacial score (nSPS) is 32.0. The zero-order valence-electron chi connectivity index (χ0n) is 9.67. The smallest absolute Gasteiger partial charge is 0.0353 e. The minimum Gasteiger partial charge on any atom is -0.382 e. The van der Waals surface area contributed by atoms with Crippen LogP contribution in [0.2, 0.25) is 0 Å². The van der Waals surface area contributed by atoms with Crippen LogP contribution >= 0.6 is 22.6 Å². The van der Waals surface area contributed by atoms with Gasteiger partial charge in [0.25, 0.3) is 0 Å². The Morgan fingerprint density at radius 1 is 1.25 bits per heavy atom. The summed E-state index contributed by atoms with van der Waals surface area (Å²) in [6, 6.07) is 7.47. The molecule has 2 bridgehead atoms. The van der Waals surface area contributed by atoms with Gasteiger partial charge in [0.1, 0.15) is 0 Å². The molecule has 2 heteroatoms. The average molecular weight is 327 g/mol. The van der Waals surface area contributed by atoms with Crippen LogP contribution in [0.25, 0.3) is 0 Å². The lowest BCUT2D eigenvalue weighted by Gasteiger charge is -2.24. The Bertz CT molecular complexity index is 402. The van der Waals surface area contributed by atoms with E-state index < -0.39 is 0 Å². The van der Waals surface area contributed by atoms with Gasteiger partial charge in [-0.05, 0) is 78.3 Å². The van der Waals surface area contributed by atoms with Crippen LogP contribution in [-0.2, 0) is 0 Å². The monoisotopic (exact) mass is 327 g/mol. The molecule has 3 rings (SSSR count). The van der Waals surface area contributed by atoms with E-state index in [1.165, 1.54) is 40.5 Å². The van der Waals surface area contributed by atoms with Gasteiger partial charge in [0.2, 0.25) is 0 Å². The van der Waals surface area contributed by atoms with Crippen LogP contribution in [0.5, 0.6) is 0 Å². The van der Waals surface area contributed by atoms with Crippen molar-refractivity contribution in [2.75, 3.05) is 5.32 Å². The quantitative estimate of drug-likeness (QED) is 0.803. The van der Waals surface area contributed by atoms with Crippen LogP contribution in [0.1, 0.15) is 31.2 Å². The lowest BCUT2D eigenvalue weighted by molar-refractivity contribution is 0.440. The second-order valence-corrected chi connectivity index (χ2v) is 6.55. The molecule has 1 N–H and O–H groups in total. The molecule has 0 spiro atoms. The van der Waals surface area contributed by atoms with Crippen molar-refractivity contribution in [2.24, 2.45) is 11.8 Å². The summed E-state index contributed by atoms with van der Waals surface area (Å²) < 4.78 is 1.37. The Morgan fingerprint density at radius 2 is 2.12 bits per heavy atom. The summed E-state index contributed by atoms with van der Waals surface area (Å²) in [6.07, 6.45) is 5.80. The molecule has 0 saturated heterocycles. The number of hydrogen-bond donors (Lipinski definition) is 1. The first-order valence-corrected chi connectivity index (χ1v) is 7.33. The molecular formula is C14H18IN. The number of hydrogen-bond acceptors (Lipinski definition) is 1. The first kappa shape index (κ1) is 10.9. The first-order chi connectivity index (χ1) is 7.72. The maximum absolute atomic E-state index is 3.74. The molecule has 3 atom stereocenters. The molecule has 2 aliphatic carbocycles. The zero-order chi connectivity index (χ0) is 11.1. The largest absolute Gasteiger partial charge is 0.382 e. The van der Waals surface area contributed by atoms with E-state index in [1.807, 2.05) is 0 Å². The van der Waals surface area contributed by atoms with Crippen molar-refractivity contribution >= 4 is 28.3 Å². The summed E-state index contributed by atoms with van der Waals surface area (Å²) in [6.45, 7) is 2.17. The zero-order valence-corrected chi connectivity index (χ0v) is 11.8. The minimum absolute atomic E-state index is 0.747. The summed E-state index contributed by atoms with van der Waals surface area (Å²) in [5.74, 6) is 1.97. The lowest BCUT2D eigenvalue weighted by atomic mass is 9.95. The highest BCUT2D eigenvalue weighted by Gasteiger charge is 2.39. The van der Waals surface area contributed by atoms with E-state index in [2.05, 4.69) is 53.0 Å². The third kappa shape index (κ3) is 1.96. The fourth-order valence-corrected chi connectivity index (χ4v) is 3.83. The summed E-state index contributed by atoms with van der Waals surface area (Å²) in [5, 5.41) is 3.74. The number of aryl methyl sites for hydroxylation is 1. The van der Waals surface area contributed by atoms with Gasteiger partial charge in [-0.1, -0.05) is 12.5 Å². The standard InChI is InChI=1S/C14H18IN/c1-9-2-5-12(8-13(9)15)16-14-7-10-3-4-11(14)6-10/h2,5,8,10-11,14,16H,3-4,6-7H2,1H3. The maximum Gasteiger partial charge on any atom is 0.0353 e. The van der Waals surface area contributed by atoms with Gasteiger partial charge < -0.3 is 5.32 Å². The molecular weight excluding hydrogens is 309 g/mol. The third-order valence-corrected chi connectivity index (χ3v) is 5.42. The molecule has 2 fully saturated rings. The molecule has 86 valence electrons. The third-order valence-electron chi connectivity index (χ3n) is 4.26. The van der Waals surface area contributed by atoms with Crippen LogP contribution in [-0.4, -0.2) is 6.04 Å². The molecule has 0 aliphatic heterocycles. The molecule has 1 aromatic carbocycles. The fraction of sp³-hybridized carbons (Fsp3) is 0.571. The van der Waals surface area contributed by atoms with Gasteiger partial charge in [0.15, 0.2) is 0 Å². The molecule has 1 aromatic rings. The van der Waals surface area contributed by atoms with Gasteiger partial charge in [-0.2, -0.15) is 0 Å². The Hall–Kier alpha value is -0.250. The Morgan fingerprint density at radius 3 is 2.75 bits per heavy atom. The Balaban J connectivity index is 1.72. The highest BCUT2D eigenvalue weighted by Crippen LogP contribution is 2.45. The van der Waals surface area contributed by atoms with Gasteiger partial charge >= 0.3 is 0 Å². The van der Waals surface area contributed by atoms with E-state index in [-0.39, 0.29) is 0 Å². The van der Waals surface area contributed by atoms with E-state index in [0.717, 1.165) is 17.9 Å². The van der Waals surface area contributed by atoms with E-state index in [9.17, 15) is 0 Å². The van der Waals surface area contributed by atoms with Crippen molar-refractivity contribution < 1.29 is 0 Å². The van der Waals surface area contributed by atoms with E-state index in [4.69, 9.17) is 0 Å². The van der Waals surface area contributed by atoms with Gasteiger partial charge in [-0.25, -0.2) is 0 Å². The van der Waals surface area contributed by atoms with Crippen LogP contribution in [0, 0.1) is 22.3 Å². The molecule has 0 aromatic heterocycles. The number of anilines is 1. The van der Waals surface area contributed by atoms with Gasteiger partial charge in [0.05, 0.1) is 0 Å². The van der Waals surface area contributed by atoms with Gasteiger partial charge in [-0.3, -0.25) is 0 Å². The number of benzene rings is 1. The molecule has 16 heavy (non-hydrogen) atoms. The molecule has 0 amide bonds.